The van der Waals surface area contributed by atoms with Crippen LogP contribution in [0.1, 0.15) is 25.3 Å². The van der Waals surface area contributed by atoms with Gasteiger partial charge >= 0.3 is 0 Å². The normalized spacial score (nSPS) is 10.3. The van der Waals surface area contributed by atoms with E-state index in [1.807, 2.05) is 6.07 Å². The zero-order chi connectivity index (χ0) is 12.8. The fourth-order valence-electron chi connectivity index (χ4n) is 2.13. The topological polar surface area (TPSA) is 9.23 Å². The second-order valence-electron chi connectivity index (χ2n) is 4.50. The zero-order valence-electron chi connectivity index (χ0n) is 11.1. The molecule has 0 unspecified atom stereocenters. The molecule has 1 nitrogen and oxygen atoms in total. The van der Waals surface area contributed by atoms with Gasteiger partial charge in [-0.15, -0.1) is 0 Å². The lowest BCUT2D eigenvalue weighted by Gasteiger charge is -2.11. The van der Waals surface area contributed by atoms with Crippen molar-refractivity contribution < 1.29 is 4.74 Å². The monoisotopic (exact) mass is 240 g/mol. The Kier molecular flexibility index (Phi) is 4.40. The van der Waals surface area contributed by atoms with E-state index in [9.17, 15) is 0 Å². The predicted molar refractivity (Wildman–Crippen MR) is 77.0 cm³/mol. The molecule has 0 atom stereocenters. The van der Waals surface area contributed by atoms with Gasteiger partial charge in [0.25, 0.3) is 0 Å². The van der Waals surface area contributed by atoms with Crippen molar-refractivity contribution >= 4 is 0 Å². The summed E-state index contributed by atoms with van der Waals surface area (Å²) in [6.45, 7) is 2.22. The van der Waals surface area contributed by atoms with Gasteiger partial charge in [-0.05, 0) is 36.1 Å². The molecule has 0 saturated carbocycles. The Balaban J connectivity index is 2.37. The molecule has 0 aliphatic carbocycles. The van der Waals surface area contributed by atoms with Crippen molar-refractivity contribution in [2.75, 3.05) is 7.11 Å². The van der Waals surface area contributed by atoms with Crippen LogP contribution in [0.15, 0.2) is 48.5 Å². The van der Waals surface area contributed by atoms with Crippen LogP contribution < -0.4 is 4.74 Å². The number of aryl methyl sites for hydroxylation is 1. The Morgan fingerprint density at radius 2 is 1.78 bits per heavy atom. The maximum absolute atomic E-state index is 5.46. The Morgan fingerprint density at radius 3 is 2.44 bits per heavy atom. The van der Waals surface area contributed by atoms with Crippen LogP contribution >= 0.6 is 0 Å². The summed E-state index contributed by atoms with van der Waals surface area (Å²) in [6, 6.07) is 16.9. The minimum Gasteiger partial charge on any atom is -0.496 e. The van der Waals surface area contributed by atoms with E-state index < -0.39 is 0 Å². The van der Waals surface area contributed by atoms with Crippen LogP contribution in [0.2, 0.25) is 0 Å². The highest BCUT2D eigenvalue weighted by molar-refractivity contribution is 5.71. The first-order valence-electron chi connectivity index (χ1n) is 6.57. The highest BCUT2D eigenvalue weighted by atomic mass is 16.5. The predicted octanol–water partition coefficient (Wildman–Crippen LogP) is 4.70. The van der Waals surface area contributed by atoms with Crippen LogP contribution in [0.4, 0.5) is 0 Å². The number of methoxy groups -OCH3 is 1. The summed E-state index contributed by atoms with van der Waals surface area (Å²) in [5.41, 5.74) is 3.79. The molecule has 0 spiro atoms. The van der Waals surface area contributed by atoms with E-state index >= 15 is 0 Å². The van der Waals surface area contributed by atoms with E-state index in [1.54, 1.807) is 7.11 Å². The molecule has 18 heavy (non-hydrogen) atoms. The van der Waals surface area contributed by atoms with Crippen molar-refractivity contribution in [2.45, 2.75) is 26.2 Å². The van der Waals surface area contributed by atoms with Crippen molar-refractivity contribution in [2.24, 2.45) is 0 Å². The third-order valence-corrected chi connectivity index (χ3v) is 3.17. The minimum absolute atomic E-state index is 0.946. The molecule has 2 aromatic carbocycles. The lowest BCUT2D eigenvalue weighted by atomic mass is 9.99. The summed E-state index contributed by atoms with van der Waals surface area (Å²) in [5, 5.41) is 0. The van der Waals surface area contributed by atoms with Crippen LogP contribution in [0.25, 0.3) is 11.1 Å². The molecule has 0 aliphatic rings. The highest BCUT2D eigenvalue weighted by Gasteiger charge is 2.06. The third kappa shape index (κ3) is 2.92. The van der Waals surface area contributed by atoms with E-state index in [2.05, 4.69) is 49.4 Å². The van der Waals surface area contributed by atoms with Crippen LogP contribution in [-0.4, -0.2) is 7.11 Å². The molecule has 2 rings (SSSR count). The molecule has 0 bridgehead atoms. The molecule has 0 N–H and O–H groups in total. The fourth-order valence-corrected chi connectivity index (χ4v) is 2.13. The summed E-state index contributed by atoms with van der Waals surface area (Å²) in [7, 11) is 1.73. The summed E-state index contributed by atoms with van der Waals surface area (Å²) in [5.74, 6) is 0.946. The second kappa shape index (κ2) is 6.25. The Hall–Kier alpha value is -1.76. The van der Waals surface area contributed by atoms with Gasteiger partial charge in [-0.1, -0.05) is 49.7 Å². The lowest BCUT2D eigenvalue weighted by Crippen LogP contribution is -1.91. The quantitative estimate of drug-likeness (QED) is 0.735. The molecule has 94 valence electrons. The lowest BCUT2D eigenvalue weighted by molar-refractivity contribution is 0.416. The van der Waals surface area contributed by atoms with Gasteiger partial charge in [0.1, 0.15) is 5.75 Å². The van der Waals surface area contributed by atoms with E-state index in [0.29, 0.717) is 0 Å². The molecule has 0 aliphatic heterocycles. The van der Waals surface area contributed by atoms with Gasteiger partial charge in [-0.3, -0.25) is 0 Å². The number of ether oxygens (including phenoxy) is 1. The molecule has 1 heteroatoms. The number of unbranched alkanes of at least 4 members (excludes halogenated alkanes) is 1. The summed E-state index contributed by atoms with van der Waals surface area (Å²) in [4.78, 5) is 0. The first-order valence-corrected chi connectivity index (χ1v) is 6.57. The second-order valence-corrected chi connectivity index (χ2v) is 4.50. The average Bonchev–Trinajstić information content (AvgIpc) is 2.45. The minimum atomic E-state index is 0.946. The van der Waals surface area contributed by atoms with Crippen molar-refractivity contribution in [1.29, 1.82) is 0 Å². The van der Waals surface area contributed by atoms with Gasteiger partial charge in [0.05, 0.1) is 7.11 Å². The smallest absolute Gasteiger partial charge is 0.126 e. The Labute approximate surface area is 109 Å². The first-order chi connectivity index (χ1) is 8.85. The van der Waals surface area contributed by atoms with Crippen molar-refractivity contribution in [3.63, 3.8) is 0 Å². The van der Waals surface area contributed by atoms with E-state index in [-0.39, 0.29) is 0 Å². The number of rotatable bonds is 5. The van der Waals surface area contributed by atoms with Gasteiger partial charge in [0, 0.05) is 5.56 Å². The zero-order valence-corrected chi connectivity index (χ0v) is 11.1. The number of hydrogen-bond acceptors (Lipinski definition) is 1. The maximum atomic E-state index is 5.46. The average molecular weight is 240 g/mol. The van der Waals surface area contributed by atoms with E-state index in [1.165, 1.54) is 29.5 Å². The van der Waals surface area contributed by atoms with Crippen molar-refractivity contribution in [1.82, 2.24) is 0 Å². The van der Waals surface area contributed by atoms with Crippen molar-refractivity contribution in [3.8, 4) is 16.9 Å². The molecule has 0 fully saturated rings. The molecular weight excluding hydrogens is 220 g/mol. The number of benzene rings is 2. The van der Waals surface area contributed by atoms with Crippen LogP contribution in [0.5, 0.6) is 5.75 Å². The van der Waals surface area contributed by atoms with Gasteiger partial charge in [-0.25, -0.2) is 0 Å². The molecule has 0 heterocycles. The van der Waals surface area contributed by atoms with Gasteiger partial charge in [0.15, 0.2) is 0 Å². The van der Waals surface area contributed by atoms with Crippen LogP contribution in [-0.2, 0) is 6.42 Å². The van der Waals surface area contributed by atoms with Crippen molar-refractivity contribution in [3.05, 3.63) is 54.1 Å². The molecule has 0 radical (unpaired) electrons. The highest BCUT2D eigenvalue weighted by Crippen LogP contribution is 2.31. The molecule has 0 amide bonds. The maximum Gasteiger partial charge on any atom is 0.126 e. The SMILES string of the molecule is CCCCc1ccc(OC)c(-c2ccccc2)c1. The van der Waals surface area contributed by atoms with Crippen LogP contribution in [0, 0.1) is 0 Å². The van der Waals surface area contributed by atoms with E-state index in [0.717, 1.165) is 12.2 Å². The first kappa shape index (κ1) is 12.7. The largest absolute Gasteiger partial charge is 0.496 e. The van der Waals surface area contributed by atoms with Gasteiger partial charge in [0.2, 0.25) is 0 Å². The standard InChI is InChI=1S/C17H20O/c1-3-4-8-14-11-12-17(18-2)16(13-14)15-9-6-5-7-10-15/h5-7,9-13H,3-4,8H2,1-2H3. The fraction of sp³-hybridized carbons (Fsp3) is 0.294. The van der Waals surface area contributed by atoms with E-state index in [4.69, 9.17) is 4.74 Å². The molecule has 2 aromatic rings. The van der Waals surface area contributed by atoms with Crippen LogP contribution in [0.3, 0.4) is 0 Å². The third-order valence-electron chi connectivity index (χ3n) is 3.17. The number of hydrogen-bond donors (Lipinski definition) is 0. The molecule has 0 aromatic heterocycles. The summed E-state index contributed by atoms with van der Waals surface area (Å²) < 4.78 is 5.46. The van der Waals surface area contributed by atoms with Gasteiger partial charge < -0.3 is 4.74 Å². The summed E-state index contributed by atoms with van der Waals surface area (Å²) in [6.07, 6.45) is 3.60. The Bertz CT molecular complexity index is 488. The molecule has 0 saturated heterocycles. The summed E-state index contributed by atoms with van der Waals surface area (Å²) >= 11 is 0. The molecular formula is C17H20O. The van der Waals surface area contributed by atoms with Gasteiger partial charge in [-0.2, -0.15) is 0 Å². The Morgan fingerprint density at radius 1 is 1.00 bits per heavy atom.